The van der Waals surface area contributed by atoms with Gasteiger partial charge in [-0.2, -0.15) is 0 Å². The van der Waals surface area contributed by atoms with E-state index in [1.807, 2.05) is 11.9 Å². The van der Waals surface area contributed by atoms with Crippen molar-refractivity contribution in [3.8, 4) is 0 Å². The van der Waals surface area contributed by atoms with Crippen LogP contribution < -0.4 is 4.90 Å². The molecule has 0 N–H and O–H groups in total. The van der Waals surface area contributed by atoms with E-state index in [4.69, 9.17) is 0 Å². The van der Waals surface area contributed by atoms with Crippen molar-refractivity contribution < 1.29 is 22.8 Å². The van der Waals surface area contributed by atoms with Gasteiger partial charge in [-0.1, -0.05) is 6.07 Å². The van der Waals surface area contributed by atoms with E-state index in [0.717, 1.165) is 12.1 Å². The summed E-state index contributed by atoms with van der Waals surface area (Å²) in [6.07, 6.45) is 0.609. The van der Waals surface area contributed by atoms with Gasteiger partial charge in [-0.05, 0) is 49.9 Å². The number of piperazine rings is 1. The van der Waals surface area contributed by atoms with Gasteiger partial charge >= 0.3 is 0 Å². The smallest absolute Gasteiger partial charge is 0.254 e. The molecule has 1 atom stereocenters. The molecule has 152 valence electrons. The average Bonchev–Trinajstić information content (AvgIpc) is 3.12. The van der Waals surface area contributed by atoms with Crippen LogP contribution in [0.25, 0.3) is 0 Å². The number of hydrogen-bond donors (Lipinski definition) is 0. The van der Waals surface area contributed by atoms with Crippen molar-refractivity contribution in [2.24, 2.45) is 0 Å². The summed E-state index contributed by atoms with van der Waals surface area (Å²) in [5.41, 5.74) is 0.0689. The van der Waals surface area contributed by atoms with E-state index in [1.54, 1.807) is 21.9 Å². The maximum Gasteiger partial charge on any atom is 0.254 e. The van der Waals surface area contributed by atoms with Crippen LogP contribution in [0.1, 0.15) is 16.8 Å². The van der Waals surface area contributed by atoms with Gasteiger partial charge in [0.2, 0.25) is 5.91 Å². The Hall–Kier alpha value is -2.87. The third kappa shape index (κ3) is 3.48. The number of likely N-dealkylation sites (N-methyl/N-ethyl adjacent to an activating group) is 1. The Morgan fingerprint density at radius 1 is 1.03 bits per heavy atom. The summed E-state index contributed by atoms with van der Waals surface area (Å²) in [6, 6.07) is 8.96. The molecule has 0 unspecified atom stereocenters. The molecule has 2 aromatic carbocycles. The van der Waals surface area contributed by atoms with Crippen LogP contribution >= 0.6 is 0 Å². The first kappa shape index (κ1) is 19.4. The van der Waals surface area contributed by atoms with Gasteiger partial charge in [-0.25, -0.2) is 13.2 Å². The van der Waals surface area contributed by atoms with E-state index in [0.29, 0.717) is 31.7 Å². The van der Waals surface area contributed by atoms with E-state index < -0.39 is 23.0 Å². The second-order valence-corrected chi connectivity index (χ2v) is 7.65. The van der Waals surface area contributed by atoms with Gasteiger partial charge in [0.25, 0.3) is 5.91 Å². The van der Waals surface area contributed by atoms with Crippen LogP contribution in [0.15, 0.2) is 42.5 Å². The Morgan fingerprint density at radius 3 is 2.55 bits per heavy atom. The van der Waals surface area contributed by atoms with Crippen molar-refractivity contribution in [2.45, 2.75) is 12.0 Å². The molecule has 2 saturated heterocycles. The molecular weight excluding hydrogens is 383 g/mol. The monoisotopic (exact) mass is 403 g/mol. The van der Waals surface area contributed by atoms with Gasteiger partial charge < -0.3 is 9.80 Å². The molecule has 2 heterocycles. The summed E-state index contributed by atoms with van der Waals surface area (Å²) < 4.78 is 40.4. The number of nitrogens with zero attached hydrogens (tertiary/aromatic N) is 3. The van der Waals surface area contributed by atoms with E-state index in [2.05, 4.69) is 0 Å². The summed E-state index contributed by atoms with van der Waals surface area (Å²) in [5, 5.41) is 0. The molecular formula is C21H20F3N3O2. The third-order valence-corrected chi connectivity index (χ3v) is 5.84. The highest BCUT2D eigenvalue weighted by Gasteiger charge is 2.48. The van der Waals surface area contributed by atoms with Gasteiger partial charge in [-0.15, -0.1) is 0 Å². The molecule has 2 aliphatic heterocycles. The minimum Gasteiger partial charge on any atom is -0.337 e. The molecule has 8 heteroatoms. The van der Waals surface area contributed by atoms with E-state index in [1.165, 1.54) is 18.2 Å². The fourth-order valence-corrected chi connectivity index (χ4v) is 4.12. The molecule has 0 aliphatic carbocycles. The van der Waals surface area contributed by atoms with Gasteiger partial charge in [0.1, 0.15) is 5.82 Å². The number of halogens is 3. The molecule has 0 radical (unpaired) electrons. The number of amides is 2. The Balaban J connectivity index is 1.56. The van der Waals surface area contributed by atoms with Gasteiger partial charge in [0, 0.05) is 30.9 Å². The van der Waals surface area contributed by atoms with Crippen molar-refractivity contribution in [1.82, 2.24) is 9.80 Å². The van der Waals surface area contributed by atoms with E-state index in [9.17, 15) is 22.8 Å². The summed E-state index contributed by atoms with van der Waals surface area (Å²) in [5.74, 6) is -3.03. The van der Waals surface area contributed by atoms with Crippen molar-refractivity contribution in [3.63, 3.8) is 0 Å². The largest absolute Gasteiger partial charge is 0.337 e. The summed E-state index contributed by atoms with van der Waals surface area (Å²) in [7, 11) is 1.83. The van der Waals surface area contributed by atoms with E-state index >= 15 is 0 Å². The Kier molecular flexibility index (Phi) is 4.82. The predicted molar refractivity (Wildman–Crippen MR) is 101 cm³/mol. The number of anilines is 1. The maximum atomic E-state index is 13.7. The lowest BCUT2D eigenvalue weighted by Crippen LogP contribution is -2.64. The van der Waals surface area contributed by atoms with Crippen LogP contribution in [-0.4, -0.2) is 60.4 Å². The number of hydrogen-bond acceptors (Lipinski definition) is 3. The highest BCUT2D eigenvalue weighted by Crippen LogP contribution is 2.34. The lowest BCUT2D eigenvalue weighted by molar-refractivity contribution is -0.123. The Morgan fingerprint density at radius 2 is 1.83 bits per heavy atom. The SMILES string of the molecule is CN1CC(=O)N(c2cccc(F)c2)C[C@]12CCN(C(=O)c1ccc(F)c(F)c1)C2. The van der Waals surface area contributed by atoms with Gasteiger partial charge in [0.15, 0.2) is 11.6 Å². The summed E-state index contributed by atoms with van der Waals surface area (Å²) in [4.78, 5) is 30.4. The highest BCUT2D eigenvalue weighted by molar-refractivity contribution is 5.97. The van der Waals surface area contributed by atoms with Gasteiger partial charge in [0.05, 0.1) is 12.1 Å². The maximum absolute atomic E-state index is 13.7. The van der Waals surface area contributed by atoms with Crippen molar-refractivity contribution in [1.29, 1.82) is 0 Å². The first-order valence-corrected chi connectivity index (χ1v) is 9.31. The minimum absolute atomic E-state index is 0.0810. The highest BCUT2D eigenvalue weighted by atomic mass is 19.2. The molecule has 0 bridgehead atoms. The average molecular weight is 403 g/mol. The molecule has 4 rings (SSSR count). The molecule has 5 nitrogen and oxygen atoms in total. The predicted octanol–water partition coefficient (Wildman–Crippen LogP) is 2.67. The van der Waals surface area contributed by atoms with Crippen molar-refractivity contribution in [2.75, 3.05) is 38.1 Å². The van der Waals surface area contributed by atoms with E-state index in [-0.39, 0.29) is 23.9 Å². The number of rotatable bonds is 2. The van der Waals surface area contributed by atoms with Crippen LogP contribution in [0.4, 0.5) is 18.9 Å². The van der Waals surface area contributed by atoms with Crippen LogP contribution in [0.3, 0.4) is 0 Å². The number of benzene rings is 2. The standard InChI is InChI=1S/C21H20F3N3O2/c1-25-11-19(28)27(16-4-2-3-15(22)10-16)13-21(25)7-8-26(12-21)20(29)14-5-6-17(23)18(24)9-14/h2-6,9-10H,7-8,11-13H2,1H3/t21-/m1/s1. The molecule has 0 saturated carbocycles. The molecule has 29 heavy (non-hydrogen) atoms. The van der Waals surface area contributed by atoms with Gasteiger partial charge in [-0.3, -0.25) is 14.5 Å². The fourth-order valence-electron chi connectivity index (χ4n) is 4.12. The lowest BCUT2D eigenvalue weighted by atomic mass is 9.92. The van der Waals surface area contributed by atoms with Crippen LogP contribution in [0, 0.1) is 17.5 Å². The topological polar surface area (TPSA) is 43.9 Å². The number of carbonyl (C=O) groups excluding carboxylic acids is 2. The molecule has 2 aromatic rings. The molecule has 2 amide bonds. The van der Waals surface area contributed by atoms with Crippen LogP contribution in [0.5, 0.6) is 0 Å². The zero-order valence-electron chi connectivity index (χ0n) is 15.9. The zero-order chi connectivity index (χ0) is 20.8. The molecule has 2 aliphatic rings. The number of likely N-dealkylation sites (tertiary alicyclic amines) is 1. The third-order valence-electron chi connectivity index (χ3n) is 5.84. The second-order valence-electron chi connectivity index (χ2n) is 7.65. The molecule has 0 aromatic heterocycles. The summed E-state index contributed by atoms with van der Waals surface area (Å²) >= 11 is 0. The van der Waals surface area contributed by atoms with Crippen LogP contribution in [-0.2, 0) is 4.79 Å². The van der Waals surface area contributed by atoms with Crippen molar-refractivity contribution >= 4 is 17.5 Å². The minimum atomic E-state index is -1.07. The summed E-state index contributed by atoms with van der Waals surface area (Å²) in [6.45, 7) is 1.21. The normalized spacial score (nSPS) is 22.6. The number of carbonyl (C=O) groups is 2. The lowest BCUT2D eigenvalue weighted by Gasteiger charge is -2.46. The van der Waals surface area contributed by atoms with Crippen LogP contribution in [0.2, 0.25) is 0 Å². The zero-order valence-corrected chi connectivity index (χ0v) is 15.9. The molecule has 1 spiro atoms. The molecule has 2 fully saturated rings. The first-order chi connectivity index (χ1) is 13.8. The Labute approximate surface area is 166 Å². The Bertz CT molecular complexity index is 983. The first-order valence-electron chi connectivity index (χ1n) is 9.31. The second kappa shape index (κ2) is 7.18. The van der Waals surface area contributed by atoms with Crippen molar-refractivity contribution in [3.05, 3.63) is 65.5 Å². The fraction of sp³-hybridized carbons (Fsp3) is 0.333. The quantitative estimate of drug-likeness (QED) is 0.775.